The number of pyridine rings is 2. The third kappa shape index (κ3) is 2.56. The average molecular weight is 327 g/mol. The summed E-state index contributed by atoms with van der Waals surface area (Å²) >= 11 is 3.49. The van der Waals surface area contributed by atoms with Crippen molar-refractivity contribution in [2.24, 2.45) is 0 Å². The van der Waals surface area contributed by atoms with Crippen molar-refractivity contribution in [1.29, 1.82) is 0 Å². The fourth-order valence-corrected chi connectivity index (χ4v) is 2.52. The van der Waals surface area contributed by atoms with Crippen LogP contribution in [0.5, 0.6) is 0 Å². The number of hydrogen-bond acceptors (Lipinski definition) is 2. The van der Waals surface area contributed by atoms with Gasteiger partial charge in [-0.2, -0.15) is 0 Å². The Morgan fingerprint density at radius 1 is 1.00 bits per heavy atom. The van der Waals surface area contributed by atoms with Crippen LogP contribution in [0.15, 0.2) is 76.3 Å². The lowest BCUT2D eigenvalue weighted by molar-refractivity contribution is 0.989. The first kappa shape index (κ1) is 12.8. The van der Waals surface area contributed by atoms with Crippen LogP contribution in [0, 0.1) is 0 Å². The summed E-state index contributed by atoms with van der Waals surface area (Å²) in [4.78, 5) is 16.2. The Kier molecular flexibility index (Phi) is 3.48. The molecule has 0 aliphatic carbocycles. The summed E-state index contributed by atoms with van der Waals surface area (Å²) in [7, 11) is 0. The first-order chi connectivity index (χ1) is 9.74. The molecule has 0 fully saturated rings. The number of benzene rings is 1. The number of halogens is 1. The Bertz CT molecular complexity index is 797. The predicted octanol–water partition coefficient (Wildman–Crippen LogP) is 3.66. The van der Waals surface area contributed by atoms with Crippen molar-refractivity contribution in [2.45, 2.75) is 0 Å². The lowest BCUT2D eigenvalue weighted by Gasteiger charge is -2.09. The monoisotopic (exact) mass is 326 g/mol. The molecule has 0 amide bonds. The number of aromatic nitrogens is 2. The maximum atomic E-state index is 11.9. The molecule has 3 rings (SSSR count). The third-order valence-electron chi connectivity index (χ3n) is 2.94. The van der Waals surface area contributed by atoms with Gasteiger partial charge in [-0.05, 0) is 36.4 Å². The van der Waals surface area contributed by atoms with Crippen molar-refractivity contribution < 1.29 is 0 Å². The van der Waals surface area contributed by atoms with E-state index in [1.807, 2.05) is 42.5 Å². The van der Waals surface area contributed by atoms with Crippen LogP contribution in [-0.2, 0) is 0 Å². The fraction of sp³-hybridized carbons (Fsp3) is 0. The van der Waals surface area contributed by atoms with Crippen LogP contribution in [0.2, 0.25) is 0 Å². The van der Waals surface area contributed by atoms with Gasteiger partial charge in [0.1, 0.15) is 0 Å². The molecular formula is C16H11BrN2O. The Balaban J connectivity index is 2.18. The Morgan fingerprint density at radius 2 is 1.85 bits per heavy atom. The van der Waals surface area contributed by atoms with Crippen LogP contribution in [0.4, 0.5) is 0 Å². The zero-order chi connectivity index (χ0) is 13.9. The van der Waals surface area contributed by atoms with Gasteiger partial charge in [0.25, 0.3) is 5.56 Å². The van der Waals surface area contributed by atoms with Crippen LogP contribution in [0.25, 0.3) is 16.9 Å². The molecule has 2 aromatic heterocycles. The lowest BCUT2D eigenvalue weighted by atomic mass is 10.1. The van der Waals surface area contributed by atoms with E-state index in [1.54, 1.807) is 29.1 Å². The lowest BCUT2D eigenvalue weighted by Crippen LogP contribution is -2.15. The van der Waals surface area contributed by atoms with Gasteiger partial charge in [-0.15, -0.1) is 0 Å². The van der Waals surface area contributed by atoms with Gasteiger partial charge >= 0.3 is 0 Å². The molecule has 0 aliphatic rings. The van der Waals surface area contributed by atoms with Crippen molar-refractivity contribution in [3.8, 4) is 16.9 Å². The van der Waals surface area contributed by atoms with E-state index in [2.05, 4.69) is 20.9 Å². The predicted molar refractivity (Wildman–Crippen MR) is 83.0 cm³/mol. The second-order valence-electron chi connectivity index (χ2n) is 4.32. The summed E-state index contributed by atoms with van der Waals surface area (Å²) in [5.41, 5.74) is 2.59. The van der Waals surface area contributed by atoms with E-state index >= 15 is 0 Å². The Labute approximate surface area is 124 Å². The average Bonchev–Trinajstić information content (AvgIpc) is 2.48. The van der Waals surface area contributed by atoms with Crippen molar-refractivity contribution in [1.82, 2.24) is 9.55 Å². The highest BCUT2D eigenvalue weighted by atomic mass is 79.9. The molecule has 0 saturated carbocycles. The summed E-state index contributed by atoms with van der Waals surface area (Å²) in [6, 6.07) is 16.7. The normalized spacial score (nSPS) is 10.4. The van der Waals surface area contributed by atoms with Gasteiger partial charge in [0.15, 0.2) is 0 Å². The van der Waals surface area contributed by atoms with E-state index in [1.165, 1.54) is 0 Å². The third-order valence-corrected chi connectivity index (χ3v) is 3.40. The molecule has 20 heavy (non-hydrogen) atoms. The molecule has 3 aromatic rings. The SMILES string of the molecule is O=c1ccccn1-c1cc(Br)cc(-c2ccccn2)c1. The minimum Gasteiger partial charge on any atom is -0.284 e. The van der Waals surface area contributed by atoms with E-state index in [0.29, 0.717) is 0 Å². The van der Waals surface area contributed by atoms with Crippen LogP contribution in [-0.4, -0.2) is 9.55 Å². The molecule has 0 spiro atoms. The van der Waals surface area contributed by atoms with Crippen molar-refractivity contribution in [2.75, 3.05) is 0 Å². The van der Waals surface area contributed by atoms with Gasteiger partial charge in [-0.1, -0.05) is 28.1 Å². The molecule has 0 radical (unpaired) electrons. The first-order valence-corrected chi connectivity index (χ1v) is 6.93. The van der Waals surface area contributed by atoms with E-state index in [0.717, 1.165) is 21.4 Å². The standard InChI is InChI=1S/C16H11BrN2O/c17-13-9-12(15-5-1-3-7-18-15)10-14(11-13)19-8-4-2-6-16(19)20/h1-11H. The minimum atomic E-state index is -0.0578. The van der Waals surface area contributed by atoms with E-state index < -0.39 is 0 Å². The second-order valence-corrected chi connectivity index (χ2v) is 5.24. The quantitative estimate of drug-likeness (QED) is 0.720. The Hall–Kier alpha value is -2.20. The zero-order valence-electron chi connectivity index (χ0n) is 10.5. The molecule has 1 aromatic carbocycles. The maximum Gasteiger partial charge on any atom is 0.255 e. The van der Waals surface area contributed by atoms with Crippen molar-refractivity contribution >= 4 is 15.9 Å². The molecule has 4 heteroatoms. The van der Waals surface area contributed by atoms with Crippen LogP contribution in [0.1, 0.15) is 0 Å². The van der Waals surface area contributed by atoms with Gasteiger partial charge in [0.2, 0.25) is 0 Å². The zero-order valence-corrected chi connectivity index (χ0v) is 12.1. The number of rotatable bonds is 2. The molecule has 3 nitrogen and oxygen atoms in total. The van der Waals surface area contributed by atoms with Gasteiger partial charge in [0.05, 0.1) is 11.4 Å². The molecule has 98 valence electrons. The van der Waals surface area contributed by atoms with Crippen molar-refractivity contribution in [3.05, 3.63) is 81.8 Å². The summed E-state index contributed by atoms with van der Waals surface area (Å²) in [5.74, 6) is 0. The molecule has 2 heterocycles. The minimum absolute atomic E-state index is 0.0578. The van der Waals surface area contributed by atoms with Crippen LogP contribution < -0.4 is 5.56 Å². The second kappa shape index (κ2) is 5.43. The largest absolute Gasteiger partial charge is 0.284 e. The van der Waals surface area contributed by atoms with E-state index in [9.17, 15) is 4.79 Å². The Morgan fingerprint density at radius 3 is 2.60 bits per heavy atom. The highest BCUT2D eigenvalue weighted by Crippen LogP contribution is 2.24. The van der Waals surface area contributed by atoms with Gasteiger partial charge in [0, 0.05) is 28.5 Å². The fourth-order valence-electron chi connectivity index (χ4n) is 2.04. The molecule has 0 saturated heterocycles. The van der Waals surface area contributed by atoms with Gasteiger partial charge in [-0.25, -0.2) is 0 Å². The highest BCUT2D eigenvalue weighted by molar-refractivity contribution is 9.10. The van der Waals surface area contributed by atoms with E-state index in [4.69, 9.17) is 0 Å². The smallest absolute Gasteiger partial charge is 0.255 e. The molecule has 0 unspecified atom stereocenters. The summed E-state index contributed by atoms with van der Waals surface area (Å²) in [6.45, 7) is 0. The summed E-state index contributed by atoms with van der Waals surface area (Å²) in [6.07, 6.45) is 3.51. The molecule has 0 N–H and O–H groups in total. The molecular weight excluding hydrogens is 316 g/mol. The summed E-state index contributed by atoms with van der Waals surface area (Å²) < 4.78 is 2.52. The number of nitrogens with zero attached hydrogens (tertiary/aromatic N) is 2. The van der Waals surface area contributed by atoms with Gasteiger partial charge < -0.3 is 0 Å². The maximum absolute atomic E-state index is 11.9. The van der Waals surface area contributed by atoms with E-state index in [-0.39, 0.29) is 5.56 Å². The highest BCUT2D eigenvalue weighted by Gasteiger charge is 2.05. The molecule has 0 aliphatic heterocycles. The molecule has 0 bridgehead atoms. The first-order valence-electron chi connectivity index (χ1n) is 6.14. The number of hydrogen-bond donors (Lipinski definition) is 0. The van der Waals surface area contributed by atoms with Gasteiger partial charge in [-0.3, -0.25) is 14.3 Å². The van der Waals surface area contributed by atoms with Crippen LogP contribution >= 0.6 is 15.9 Å². The summed E-state index contributed by atoms with van der Waals surface area (Å²) in [5, 5.41) is 0. The van der Waals surface area contributed by atoms with Crippen LogP contribution in [0.3, 0.4) is 0 Å². The topological polar surface area (TPSA) is 34.9 Å². The van der Waals surface area contributed by atoms with Crippen molar-refractivity contribution in [3.63, 3.8) is 0 Å². The molecule has 0 atom stereocenters.